The van der Waals surface area contributed by atoms with E-state index < -0.39 is 48.4 Å². The van der Waals surface area contributed by atoms with E-state index in [1.165, 1.54) is 18.2 Å². The third-order valence-corrected chi connectivity index (χ3v) is 4.02. The molecule has 30 heavy (non-hydrogen) atoms. The summed E-state index contributed by atoms with van der Waals surface area (Å²) in [5.74, 6) is -6.16. The summed E-state index contributed by atoms with van der Waals surface area (Å²) < 4.78 is 116. The second-order valence-electron chi connectivity index (χ2n) is 6.15. The zero-order valence-electron chi connectivity index (χ0n) is 14.3. The number of hydrogen-bond acceptors (Lipinski definition) is 3. The van der Waals surface area contributed by atoms with E-state index in [-0.39, 0.29) is 16.9 Å². The van der Waals surface area contributed by atoms with E-state index in [0.29, 0.717) is 6.07 Å². The molecule has 0 spiro atoms. The minimum absolute atomic E-state index is 0.164. The van der Waals surface area contributed by atoms with Crippen LogP contribution in [0.5, 0.6) is 0 Å². The van der Waals surface area contributed by atoms with E-state index in [4.69, 9.17) is 0 Å². The SMILES string of the molecule is O=C(CC(C(F)(F)F)C(F)(F)F)Nc1nc2ccc(C(F)(F)F)nc2n1C1=CC=C1. The van der Waals surface area contributed by atoms with Gasteiger partial charge in [-0.25, -0.2) is 9.97 Å². The number of hydrogen-bond donors (Lipinski definition) is 1. The van der Waals surface area contributed by atoms with Gasteiger partial charge in [-0.2, -0.15) is 39.5 Å². The molecule has 1 amide bonds. The molecule has 5 nitrogen and oxygen atoms in total. The maximum Gasteiger partial charge on any atom is 0.433 e. The lowest BCUT2D eigenvalue weighted by Crippen LogP contribution is -2.39. The molecule has 2 heterocycles. The molecule has 0 fully saturated rings. The van der Waals surface area contributed by atoms with Crippen molar-refractivity contribution in [3.8, 4) is 0 Å². The Morgan fingerprint density at radius 2 is 1.60 bits per heavy atom. The van der Waals surface area contributed by atoms with E-state index in [1.54, 1.807) is 5.32 Å². The summed E-state index contributed by atoms with van der Waals surface area (Å²) in [4.78, 5) is 19.1. The van der Waals surface area contributed by atoms with E-state index in [9.17, 15) is 44.3 Å². The number of amides is 1. The van der Waals surface area contributed by atoms with Gasteiger partial charge in [0.2, 0.25) is 11.9 Å². The average Bonchev–Trinajstić information content (AvgIpc) is 2.85. The highest BCUT2D eigenvalue weighted by atomic mass is 19.4. The Morgan fingerprint density at radius 3 is 2.07 bits per heavy atom. The van der Waals surface area contributed by atoms with Gasteiger partial charge in [-0.15, -0.1) is 0 Å². The van der Waals surface area contributed by atoms with Crippen molar-refractivity contribution in [2.45, 2.75) is 24.9 Å². The van der Waals surface area contributed by atoms with Crippen LogP contribution in [-0.4, -0.2) is 32.8 Å². The van der Waals surface area contributed by atoms with E-state index in [2.05, 4.69) is 9.97 Å². The number of anilines is 1. The lowest BCUT2D eigenvalue weighted by Gasteiger charge is -2.22. The van der Waals surface area contributed by atoms with Crippen molar-refractivity contribution in [3.63, 3.8) is 0 Å². The number of carbonyl (C=O) groups is 1. The van der Waals surface area contributed by atoms with Gasteiger partial charge < -0.3 is 0 Å². The summed E-state index contributed by atoms with van der Waals surface area (Å²) in [7, 11) is 0. The zero-order chi connectivity index (χ0) is 22.5. The Balaban J connectivity index is 1.97. The van der Waals surface area contributed by atoms with Gasteiger partial charge in [0.25, 0.3) is 0 Å². The summed E-state index contributed by atoms with van der Waals surface area (Å²) in [5, 5.41) is 1.80. The molecule has 0 bridgehead atoms. The van der Waals surface area contributed by atoms with Crippen LogP contribution in [0.1, 0.15) is 12.1 Å². The first kappa shape index (κ1) is 21.6. The van der Waals surface area contributed by atoms with Gasteiger partial charge in [-0.3, -0.25) is 14.7 Å². The van der Waals surface area contributed by atoms with Crippen LogP contribution in [0.2, 0.25) is 0 Å². The third-order valence-electron chi connectivity index (χ3n) is 4.02. The van der Waals surface area contributed by atoms with Crippen molar-refractivity contribution in [1.29, 1.82) is 0 Å². The van der Waals surface area contributed by atoms with Crippen LogP contribution in [0.4, 0.5) is 45.5 Å². The van der Waals surface area contributed by atoms with Crippen LogP contribution in [0, 0.1) is 5.92 Å². The number of carbonyl (C=O) groups excluding carboxylic acids is 1. The first-order valence-corrected chi connectivity index (χ1v) is 7.96. The Kier molecular flexibility index (Phi) is 5.07. The molecular formula is C16H9F9N4O. The predicted molar refractivity (Wildman–Crippen MR) is 84.8 cm³/mol. The highest BCUT2D eigenvalue weighted by Crippen LogP contribution is 2.41. The number of fused-ring (bicyclic) bond motifs is 1. The van der Waals surface area contributed by atoms with Gasteiger partial charge in [0, 0.05) is 6.42 Å². The first-order valence-electron chi connectivity index (χ1n) is 7.96. The predicted octanol–water partition coefficient (Wildman–Crippen LogP) is 4.93. The van der Waals surface area contributed by atoms with Crippen LogP contribution in [0.3, 0.4) is 0 Å². The summed E-state index contributed by atoms with van der Waals surface area (Å²) in [6, 6.07) is 1.51. The van der Waals surface area contributed by atoms with Crippen LogP contribution in [0.25, 0.3) is 16.9 Å². The molecule has 0 saturated carbocycles. The van der Waals surface area contributed by atoms with Crippen LogP contribution >= 0.6 is 0 Å². The largest absolute Gasteiger partial charge is 0.433 e. The number of halogens is 9. The van der Waals surface area contributed by atoms with Crippen LogP contribution in [0.15, 0.2) is 30.4 Å². The Labute approximate surface area is 160 Å². The van der Waals surface area contributed by atoms with Gasteiger partial charge in [0.1, 0.15) is 11.2 Å². The second-order valence-corrected chi connectivity index (χ2v) is 6.15. The molecule has 0 saturated heterocycles. The smallest absolute Gasteiger partial charge is 0.296 e. The fourth-order valence-electron chi connectivity index (χ4n) is 2.55. The normalized spacial score (nSPS) is 14.8. The summed E-state index contributed by atoms with van der Waals surface area (Å²) >= 11 is 0. The lowest BCUT2D eigenvalue weighted by molar-refractivity contribution is -0.283. The van der Waals surface area contributed by atoms with Crippen molar-refractivity contribution in [2.24, 2.45) is 5.92 Å². The zero-order valence-corrected chi connectivity index (χ0v) is 14.3. The number of nitrogens with zero attached hydrogens (tertiary/aromatic N) is 3. The Hall–Kier alpha value is -3.06. The fraction of sp³-hybridized carbons (Fsp3) is 0.312. The number of aromatic nitrogens is 3. The highest BCUT2D eigenvalue weighted by molar-refractivity contribution is 5.93. The maximum atomic E-state index is 12.9. The van der Waals surface area contributed by atoms with Gasteiger partial charge >= 0.3 is 18.5 Å². The monoisotopic (exact) mass is 444 g/mol. The number of imidazole rings is 1. The minimum Gasteiger partial charge on any atom is -0.296 e. The standard InChI is InChI=1S/C16H9F9N4O/c17-14(18,19)9(15(20,21)22)6-11(30)28-13-26-8-4-5-10(16(23,24)25)27-12(8)29(13)7-2-1-3-7/h1-5,9H,6H2,(H,26,28,30). The molecule has 2 aromatic heterocycles. The second kappa shape index (κ2) is 7.02. The van der Waals surface area contributed by atoms with Crippen molar-refractivity contribution in [3.05, 3.63) is 36.1 Å². The van der Waals surface area contributed by atoms with E-state index in [0.717, 1.165) is 10.6 Å². The Morgan fingerprint density at radius 1 is 1.00 bits per heavy atom. The average molecular weight is 444 g/mol. The molecule has 0 atom stereocenters. The maximum absolute atomic E-state index is 12.9. The number of rotatable bonds is 4. The first-order chi connectivity index (χ1) is 13.7. The van der Waals surface area contributed by atoms with Crippen molar-refractivity contribution < 1.29 is 44.3 Å². The molecule has 1 aliphatic carbocycles. The molecule has 0 unspecified atom stereocenters. The number of alkyl halides is 9. The van der Waals surface area contributed by atoms with Crippen molar-refractivity contribution >= 4 is 28.7 Å². The quantitative estimate of drug-likeness (QED) is 0.681. The summed E-state index contributed by atoms with van der Waals surface area (Å²) in [6.07, 6.45) is -14.0. The van der Waals surface area contributed by atoms with Gasteiger partial charge in [-0.05, 0) is 24.3 Å². The molecular weight excluding hydrogens is 435 g/mol. The number of pyridine rings is 1. The molecule has 1 N–H and O–H groups in total. The molecule has 3 rings (SSSR count). The molecule has 0 radical (unpaired) electrons. The van der Waals surface area contributed by atoms with Crippen LogP contribution < -0.4 is 5.32 Å². The Bertz CT molecular complexity index is 1030. The van der Waals surface area contributed by atoms with Crippen LogP contribution in [-0.2, 0) is 11.0 Å². The van der Waals surface area contributed by atoms with Crippen molar-refractivity contribution in [2.75, 3.05) is 5.32 Å². The summed E-state index contributed by atoms with van der Waals surface area (Å²) in [5.41, 5.74) is -1.68. The topological polar surface area (TPSA) is 59.8 Å². The number of nitrogens with one attached hydrogen (secondary N) is 1. The lowest BCUT2D eigenvalue weighted by atomic mass is 10.0. The number of allylic oxidation sites excluding steroid dienone is 4. The molecule has 0 aromatic carbocycles. The molecule has 162 valence electrons. The van der Waals surface area contributed by atoms with Gasteiger partial charge in [0.15, 0.2) is 11.6 Å². The molecule has 14 heteroatoms. The fourth-order valence-corrected chi connectivity index (χ4v) is 2.55. The highest BCUT2D eigenvalue weighted by Gasteiger charge is 2.57. The van der Waals surface area contributed by atoms with E-state index in [1.807, 2.05) is 0 Å². The van der Waals surface area contributed by atoms with Crippen molar-refractivity contribution in [1.82, 2.24) is 14.5 Å². The summed E-state index contributed by atoms with van der Waals surface area (Å²) in [6.45, 7) is 0. The molecule has 1 aliphatic rings. The van der Waals surface area contributed by atoms with E-state index >= 15 is 0 Å². The molecule has 2 aromatic rings. The molecule has 0 aliphatic heterocycles. The van der Waals surface area contributed by atoms with Gasteiger partial charge in [0.05, 0.1) is 5.70 Å². The third kappa shape index (κ3) is 4.26. The minimum atomic E-state index is -5.72. The van der Waals surface area contributed by atoms with Gasteiger partial charge in [-0.1, -0.05) is 6.08 Å².